The van der Waals surface area contributed by atoms with E-state index < -0.39 is 0 Å². The summed E-state index contributed by atoms with van der Waals surface area (Å²) >= 11 is 12.3. The van der Waals surface area contributed by atoms with Gasteiger partial charge in [-0.2, -0.15) is 0 Å². The summed E-state index contributed by atoms with van der Waals surface area (Å²) < 4.78 is 19.9. The molecule has 1 aliphatic heterocycles. The average Bonchev–Trinajstić information content (AvgIpc) is 3.24. The maximum absolute atomic E-state index is 13.6. The Balaban J connectivity index is 1.47. The molecule has 0 radical (unpaired) electrons. The first kappa shape index (κ1) is 23.3. The van der Waals surface area contributed by atoms with Gasteiger partial charge in [-0.15, -0.1) is 0 Å². The molecule has 2 heterocycles. The molecule has 0 spiro atoms. The van der Waals surface area contributed by atoms with E-state index in [1.807, 2.05) is 24.4 Å². The number of nitrogens with zero attached hydrogens (tertiary/aromatic N) is 2. The zero-order chi connectivity index (χ0) is 23.8. The smallest absolute Gasteiger partial charge is 0.123 e. The summed E-state index contributed by atoms with van der Waals surface area (Å²) in [6.45, 7) is 1.47. The van der Waals surface area contributed by atoms with Crippen molar-refractivity contribution in [3.8, 4) is 11.1 Å². The van der Waals surface area contributed by atoms with Crippen LogP contribution in [-0.4, -0.2) is 30.5 Å². The standard InChI is InChI=1S/C28H25Cl2FN2O/c1-33(2)10-9-24(17-3-6-22(31)7-4-17)28-23-8-5-18(11-21(23)16-34-28)20-12-19-13-25(29)26(30)14-27(19)32-15-20/h3-8,11-15,24,28H,9-10,16H2,1-2H3. The first-order chi connectivity index (χ1) is 16.4. The van der Waals surface area contributed by atoms with E-state index >= 15 is 0 Å². The lowest BCUT2D eigenvalue weighted by molar-refractivity contribution is 0.0420. The highest BCUT2D eigenvalue weighted by atomic mass is 35.5. The summed E-state index contributed by atoms with van der Waals surface area (Å²) in [5.74, 6) is -0.0793. The van der Waals surface area contributed by atoms with Crippen molar-refractivity contribution in [1.82, 2.24) is 9.88 Å². The number of aromatic nitrogens is 1. The molecule has 0 amide bonds. The molecule has 1 aliphatic rings. The summed E-state index contributed by atoms with van der Waals surface area (Å²) in [5.41, 5.74) is 6.37. The van der Waals surface area contributed by atoms with Gasteiger partial charge in [-0.25, -0.2) is 4.39 Å². The predicted octanol–water partition coefficient (Wildman–Crippen LogP) is 7.65. The van der Waals surface area contributed by atoms with Gasteiger partial charge >= 0.3 is 0 Å². The van der Waals surface area contributed by atoms with Crippen molar-refractivity contribution < 1.29 is 9.13 Å². The third kappa shape index (κ3) is 4.69. The number of hydrogen-bond donors (Lipinski definition) is 0. The molecule has 3 nitrogen and oxygen atoms in total. The SMILES string of the molecule is CN(C)CCC(c1ccc(F)cc1)C1OCc2cc(-c3cnc4cc(Cl)c(Cl)cc4c3)ccc21. The minimum absolute atomic E-state index is 0.0647. The maximum Gasteiger partial charge on any atom is 0.123 e. The molecule has 34 heavy (non-hydrogen) atoms. The van der Waals surface area contributed by atoms with Gasteiger partial charge in [0.25, 0.3) is 0 Å². The van der Waals surface area contributed by atoms with E-state index in [0.717, 1.165) is 40.6 Å². The maximum atomic E-state index is 13.6. The highest BCUT2D eigenvalue weighted by Crippen LogP contribution is 2.44. The molecule has 0 bridgehead atoms. The largest absolute Gasteiger partial charge is 0.368 e. The van der Waals surface area contributed by atoms with Crippen LogP contribution >= 0.6 is 23.2 Å². The molecule has 3 aromatic carbocycles. The second-order valence-corrected chi connectivity index (χ2v) is 9.89. The van der Waals surface area contributed by atoms with E-state index in [-0.39, 0.29) is 17.8 Å². The van der Waals surface area contributed by atoms with Gasteiger partial charge in [0, 0.05) is 23.1 Å². The number of ether oxygens (including phenoxy) is 1. The Morgan fingerprint density at radius 1 is 1.00 bits per heavy atom. The number of fused-ring (bicyclic) bond motifs is 2. The molecule has 0 N–H and O–H groups in total. The number of halogens is 3. The van der Waals surface area contributed by atoms with Gasteiger partial charge in [0.2, 0.25) is 0 Å². The van der Waals surface area contributed by atoms with Crippen LogP contribution in [0.5, 0.6) is 0 Å². The van der Waals surface area contributed by atoms with E-state index in [0.29, 0.717) is 16.7 Å². The Kier molecular flexibility index (Phi) is 6.59. The van der Waals surface area contributed by atoms with Crippen LogP contribution in [0, 0.1) is 5.82 Å². The van der Waals surface area contributed by atoms with Crippen LogP contribution < -0.4 is 0 Å². The zero-order valence-electron chi connectivity index (χ0n) is 19.1. The fourth-order valence-corrected chi connectivity index (χ4v) is 5.00. The van der Waals surface area contributed by atoms with Crippen molar-refractivity contribution in [2.45, 2.75) is 25.0 Å². The van der Waals surface area contributed by atoms with E-state index in [1.165, 1.54) is 23.3 Å². The molecular weight excluding hydrogens is 470 g/mol. The van der Waals surface area contributed by atoms with Gasteiger partial charge in [-0.1, -0.05) is 47.5 Å². The Morgan fingerprint density at radius 3 is 2.53 bits per heavy atom. The molecular formula is C28H25Cl2FN2O. The molecule has 0 saturated carbocycles. The molecule has 1 aromatic heterocycles. The Hall–Kier alpha value is -2.50. The van der Waals surface area contributed by atoms with Crippen molar-refractivity contribution in [3.05, 3.63) is 99.4 Å². The molecule has 0 fully saturated rings. The third-order valence-electron chi connectivity index (χ3n) is 6.48. The highest BCUT2D eigenvalue weighted by molar-refractivity contribution is 6.42. The zero-order valence-corrected chi connectivity index (χ0v) is 20.6. The predicted molar refractivity (Wildman–Crippen MR) is 137 cm³/mol. The van der Waals surface area contributed by atoms with Crippen LogP contribution in [0.4, 0.5) is 4.39 Å². The van der Waals surface area contributed by atoms with E-state index in [9.17, 15) is 4.39 Å². The highest BCUT2D eigenvalue weighted by Gasteiger charge is 2.32. The fourth-order valence-electron chi connectivity index (χ4n) is 4.67. The number of benzene rings is 3. The molecule has 0 aliphatic carbocycles. The second-order valence-electron chi connectivity index (χ2n) is 9.08. The average molecular weight is 495 g/mol. The van der Waals surface area contributed by atoms with E-state index in [1.54, 1.807) is 6.07 Å². The van der Waals surface area contributed by atoms with Gasteiger partial charge in [-0.05, 0) is 85.7 Å². The molecule has 0 saturated heterocycles. The Morgan fingerprint density at radius 2 is 1.76 bits per heavy atom. The topological polar surface area (TPSA) is 25.4 Å². The Labute approximate surface area is 209 Å². The minimum Gasteiger partial charge on any atom is -0.368 e. The molecule has 5 rings (SSSR count). The van der Waals surface area contributed by atoms with Crippen molar-refractivity contribution in [1.29, 1.82) is 0 Å². The molecule has 4 aromatic rings. The summed E-state index contributed by atoms with van der Waals surface area (Å²) in [6.07, 6.45) is 2.72. The van der Waals surface area contributed by atoms with Crippen LogP contribution in [0.1, 0.15) is 35.1 Å². The van der Waals surface area contributed by atoms with Crippen molar-refractivity contribution in [2.75, 3.05) is 20.6 Å². The number of hydrogen-bond acceptors (Lipinski definition) is 3. The van der Waals surface area contributed by atoms with Crippen molar-refractivity contribution in [3.63, 3.8) is 0 Å². The monoisotopic (exact) mass is 494 g/mol. The van der Waals surface area contributed by atoms with Crippen LogP contribution in [-0.2, 0) is 11.3 Å². The van der Waals surface area contributed by atoms with Crippen molar-refractivity contribution >= 4 is 34.1 Å². The summed E-state index contributed by atoms with van der Waals surface area (Å²) in [4.78, 5) is 6.74. The molecule has 2 unspecified atom stereocenters. The lowest BCUT2D eigenvalue weighted by Crippen LogP contribution is -2.19. The van der Waals surface area contributed by atoms with E-state index in [4.69, 9.17) is 27.9 Å². The van der Waals surface area contributed by atoms with Crippen LogP contribution in [0.3, 0.4) is 0 Å². The van der Waals surface area contributed by atoms with Gasteiger partial charge < -0.3 is 9.64 Å². The van der Waals surface area contributed by atoms with Crippen LogP contribution in [0.15, 0.2) is 66.9 Å². The number of rotatable bonds is 6. The third-order valence-corrected chi connectivity index (χ3v) is 7.20. The van der Waals surface area contributed by atoms with Gasteiger partial charge in [0.15, 0.2) is 0 Å². The molecule has 2 atom stereocenters. The summed E-state index contributed by atoms with van der Waals surface area (Å²) in [7, 11) is 4.13. The Bertz CT molecular complexity index is 1340. The number of pyridine rings is 1. The summed E-state index contributed by atoms with van der Waals surface area (Å²) in [6, 6.07) is 19.0. The first-order valence-corrected chi connectivity index (χ1v) is 12.0. The van der Waals surface area contributed by atoms with Crippen molar-refractivity contribution in [2.24, 2.45) is 0 Å². The lowest BCUT2D eigenvalue weighted by Gasteiger charge is -2.26. The quantitative estimate of drug-likeness (QED) is 0.275. The normalized spacial score (nSPS) is 16.2. The lowest BCUT2D eigenvalue weighted by atomic mass is 9.85. The second kappa shape index (κ2) is 9.63. The first-order valence-electron chi connectivity index (χ1n) is 11.3. The molecule has 6 heteroatoms. The minimum atomic E-state index is -0.222. The fraction of sp³-hybridized carbons (Fsp3) is 0.250. The van der Waals surface area contributed by atoms with Crippen LogP contribution in [0.25, 0.3) is 22.0 Å². The molecule has 174 valence electrons. The van der Waals surface area contributed by atoms with Crippen LogP contribution in [0.2, 0.25) is 10.0 Å². The van der Waals surface area contributed by atoms with Gasteiger partial charge in [0.05, 0.1) is 28.3 Å². The van der Waals surface area contributed by atoms with E-state index in [2.05, 4.69) is 48.2 Å². The summed E-state index contributed by atoms with van der Waals surface area (Å²) in [5, 5.41) is 1.96. The van der Waals surface area contributed by atoms with Gasteiger partial charge in [0.1, 0.15) is 5.82 Å². The van der Waals surface area contributed by atoms with Gasteiger partial charge in [-0.3, -0.25) is 4.98 Å².